The summed E-state index contributed by atoms with van der Waals surface area (Å²) in [5.74, 6) is -0.661. The van der Waals surface area contributed by atoms with Crippen molar-refractivity contribution < 1.29 is 14.4 Å². The smallest absolute Gasteiger partial charge is 0.324 e. The summed E-state index contributed by atoms with van der Waals surface area (Å²) >= 11 is 0. The fraction of sp³-hybridized carbons (Fsp3) is 0.348. The second-order valence-electron chi connectivity index (χ2n) is 7.82. The number of nitrogens with zero attached hydrogens (tertiary/aromatic N) is 1. The molecule has 2 N–H and O–H groups in total. The highest BCUT2D eigenvalue weighted by Gasteiger charge is 2.53. The Balaban J connectivity index is 1.54. The lowest BCUT2D eigenvalue weighted by Gasteiger charge is -2.31. The van der Waals surface area contributed by atoms with Crippen molar-refractivity contribution in [3.8, 4) is 11.1 Å². The number of imide groups is 1. The number of carbonyl (C=O) groups is 3. The molecule has 4 amide bonds. The average molecular weight is 391 g/mol. The van der Waals surface area contributed by atoms with Crippen molar-refractivity contribution >= 4 is 23.5 Å². The van der Waals surface area contributed by atoms with Crippen molar-refractivity contribution in [3.63, 3.8) is 0 Å². The summed E-state index contributed by atoms with van der Waals surface area (Å²) in [5.41, 5.74) is 1.68. The zero-order valence-corrected chi connectivity index (χ0v) is 16.5. The quantitative estimate of drug-likeness (QED) is 0.775. The summed E-state index contributed by atoms with van der Waals surface area (Å²) in [6.45, 7) is 1.60. The van der Waals surface area contributed by atoms with Gasteiger partial charge in [-0.2, -0.15) is 0 Å². The Hall–Kier alpha value is -3.15. The molecule has 0 unspecified atom stereocenters. The standard InChI is InChI=1S/C23H25N3O3/c1-16(26-21(28)23(25-22(26)29)14-8-3-9-15-23)20(27)24-19-13-7-6-12-18(19)17-10-4-2-5-11-17/h2,4-7,10-13,16H,3,8-9,14-15H2,1H3,(H,24,27)(H,25,29)/t16-/m1/s1. The molecular formula is C23H25N3O3. The summed E-state index contributed by atoms with van der Waals surface area (Å²) < 4.78 is 0. The third-order valence-electron chi connectivity index (χ3n) is 5.94. The van der Waals surface area contributed by atoms with Gasteiger partial charge in [-0.05, 0) is 31.4 Å². The van der Waals surface area contributed by atoms with Crippen molar-refractivity contribution in [1.29, 1.82) is 0 Å². The Morgan fingerprint density at radius 3 is 2.38 bits per heavy atom. The number of hydrogen-bond donors (Lipinski definition) is 2. The lowest BCUT2D eigenvalue weighted by atomic mass is 9.81. The molecule has 1 spiro atoms. The van der Waals surface area contributed by atoms with Gasteiger partial charge in [-0.15, -0.1) is 0 Å². The lowest BCUT2D eigenvalue weighted by Crippen LogP contribution is -2.50. The first-order valence-corrected chi connectivity index (χ1v) is 10.1. The number of hydrogen-bond acceptors (Lipinski definition) is 3. The molecule has 1 atom stereocenters. The Bertz CT molecular complexity index is 935. The molecule has 29 heavy (non-hydrogen) atoms. The Morgan fingerprint density at radius 1 is 1.00 bits per heavy atom. The van der Waals surface area contributed by atoms with Crippen LogP contribution in [0.15, 0.2) is 54.6 Å². The van der Waals surface area contributed by atoms with Crippen molar-refractivity contribution in [1.82, 2.24) is 10.2 Å². The van der Waals surface area contributed by atoms with Crippen molar-refractivity contribution in [2.45, 2.75) is 50.6 Å². The number of amides is 4. The minimum atomic E-state index is -0.896. The molecule has 1 saturated carbocycles. The van der Waals surface area contributed by atoms with E-state index in [0.29, 0.717) is 18.5 Å². The topological polar surface area (TPSA) is 78.5 Å². The van der Waals surface area contributed by atoms with Gasteiger partial charge in [-0.1, -0.05) is 67.8 Å². The maximum Gasteiger partial charge on any atom is 0.325 e. The number of nitrogens with one attached hydrogen (secondary N) is 2. The molecule has 2 aliphatic rings. The molecule has 2 fully saturated rings. The zero-order valence-electron chi connectivity index (χ0n) is 16.5. The molecular weight excluding hydrogens is 366 g/mol. The highest BCUT2D eigenvalue weighted by Crippen LogP contribution is 2.35. The van der Waals surface area contributed by atoms with Gasteiger partial charge >= 0.3 is 6.03 Å². The molecule has 4 rings (SSSR count). The Kier molecular flexibility index (Phi) is 5.09. The predicted molar refractivity (Wildman–Crippen MR) is 111 cm³/mol. The van der Waals surface area contributed by atoms with E-state index in [0.717, 1.165) is 35.3 Å². The first-order valence-electron chi connectivity index (χ1n) is 10.1. The average Bonchev–Trinajstić information content (AvgIpc) is 2.98. The van der Waals surface area contributed by atoms with E-state index in [1.54, 1.807) is 6.92 Å². The van der Waals surface area contributed by atoms with Crippen LogP contribution in [0, 0.1) is 0 Å². The van der Waals surface area contributed by atoms with Gasteiger partial charge in [0.25, 0.3) is 5.91 Å². The van der Waals surface area contributed by atoms with Crippen molar-refractivity contribution in [2.75, 3.05) is 5.32 Å². The van der Waals surface area contributed by atoms with E-state index in [4.69, 9.17) is 0 Å². The van der Waals surface area contributed by atoms with Crippen LogP contribution in [0.2, 0.25) is 0 Å². The molecule has 0 bridgehead atoms. The monoisotopic (exact) mass is 391 g/mol. The second-order valence-corrected chi connectivity index (χ2v) is 7.82. The number of rotatable bonds is 4. The maximum absolute atomic E-state index is 13.0. The Morgan fingerprint density at radius 2 is 1.66 bits per heavy atom. The SMILES string of the molecule is C[C@H](C(=O)Nc1ccccc1-c1ccccc1)N1C(=O)NC2(CCCCC2)C1=O. The molecule has 150 valence electrons. The number of urea groups is 1. The van der Waals surface area contributed by atoms with E-state index in [9.17, 15) is 14.4 Å². The van der Waals surface area contributed by atoms with Crippen molar-refractivity contribution in [3.05, 3.63) is 54.6 Å². The first-order chi connectivity index (χ1) is 14.0. The molecule has 2 aromatic carbocycles. The number of benzene rings is 2. The van der Waals surface area contributed by atoms with Gasteiger partial charge in [0.2, 0.25) is 5.91 Å². The molecule has 1 saturated heterocycles. The lowest BCUT2D eigenvalue weighted by molar-refractivity contribution is -0.137. The second kappa shape index (κ2) is 7.70. The summed E-state index contributed by atoms with van der Waals surface area (Å²) in [4.78, 5) is 39.7. The highest BCUT2D eigenvalue weighted by atomic mass is 16.2. The van der Waals surface area contributed by atoms with Crippen LogP contribution in [-0.2, 0) is 9.59 Å². The van der Waals surface area contributed by atoms with E-state index >= 15 is 0 Å². The zero-order chi connectivity index (χ0) is 20.4. The number of carbonyl (C=O) groups excluding carboxylic acids is 3. The molecule has 1 aliphatic carbocycles. The predicted octanol–water partition coefficient (Wildman–Crippen LogP) is 3.94. The summed E-state index contributed by atoms with van der Waals surface area (Å²) in [5, 5.41) is 5.77. The first kappa shape index (κ1) is 19.2. The van der Waals surface area contributed by atoms with E-state index < -0.39 is 17.6 Å². The minimum absolute atomic E-state index is 0.277. The Labute approximate surface area is 170 Å². The van der Waals surface area contributed by atoms with Gasteiger partial charge in [0, 0.05) is 11.3 Å². The van der Waals surface area contributed by atoms with E-state index in [-0.39, 0.29) is 11.8 Å². The fourth-order valence-corrected chi connectivity index (χ4v) is 4.30. The molecule has 1 aliphatic heterocycles. The molecule has 2 aromatic rings. The van der Waals surface area contributed by atoms with E-state index in [1.165, 1.54) is 0 Å². The summed E-state index contributed by atoms with van der Waals surface area (Å²) in [7, 11) is 0. The van der Waals surface area contributed by atoms with Crippen LogP contribution in [0.1, 0.15) is 39.0 Å². The molecule has 0 aromatic heterocycles. The van der Waals surface area contributed by atoms with Crippen LogP contribution in [0.4, 0.5) is 10.5 Å². The van der Waals surface area contributed by atoms with Gasteiger partial charge in [0.1, 0.15) is 11.6 Å². The molecule has 1 heterocycles. The normalized spacial score (nSPS) is 19.1. The summed E-state index contributed by atoms with van der Waals surface area (Å²) in [6.07, 6.45) is 4.16. The van der Waals surface area contributed by atoms with Crippen LogP contribution < -0.4 is 10.6 Å². The third kappa shape index (κ3) is 3.50. The molecule has 6 heteroatoms. The van der Waals surface area contributed by atoms with Gasteiger partial charge in [0.05, 0.1) is 0 Å². The van der Waals surface area contributed by atoms with Crippen LogP contribution in [-0.4, -0.2) is 34.3 Å². The van der Waals surface area contributed by atoms with Gasteiger partial charge in [-0.25, -0.2) is 9.69 Å². The van der Waals surface area contributed by atoms with E-state index in [2.05, 4.69) is 10.6 Å². The van der Waals surface area contributed by atoms with E-state index in [1.807, 2.05) is 54.6 Å². The largest absolute Gasteiger partial charge is 0.325 e. The van der Waals surface area contributed by atoms with Gasteiger partial charge in [-0.3, -0.25) is 9.59 Å². The van der Waals surface area contributed by atoms with Gasteiger partial charge < -0.3 is 10.6 Å². The van der Waals surface area contributed by atoms with Crippen LogP contribution >= 0.6 is 0 Å². The van der Waals surface area contributed by atoms with Crippen molar-refractivity contribution in [2.24, 2.45) is 0 Å². The minimum Gasteiger partial charge on any atom is -0.324 e. The maximum atomic E-state index is 13.0. The van der Waals surface area contributed by atoms with Crippen LogP contribution in [0.25, 0.3) is 11.1 Å². The third-order valence-corrected chi connectivity index (χ3v) is 5.94. The number of para-hydroxylation sites is 1. The fourth-order valence-electron chi connectivity index (χ4n) is 4.30. The molecule has 0 radical (unpaired) electrons. The molecule has 6 nitrogen and oxygen atoms in total. The van der Waals surface area contributed by atoms with Crippen LogP contribution in [0.5, 0.6) is 0 Å². The van der Waals surface area contributed by atoms with Crippen LogP contribution in [0.3, 0.4) is 0 Å². The van der Waals surface area contributed by atoms with Gasteiger partial charge in [0.15, 0.2) is 0 Å². The summed E-state index contributed by atoms with van der Waals surface area (Å²) in [6, 6.07) is 15.9. The highest BCUT2D eigenvalue weighted by molar-refractivity contribution is 6.11. The number of anilines is 1.